The lowest BCUT2D eigenvalue weighted by Crippen LogP contribution is -2.22. The van der Waals surface area contributed by atoms with Crippen molar-refractivity contribution in [3.8, 4) is 11.5 Å². The zero-order valence-electron chi connectivity index (χ0n) is 15.0. The predicted molar refractivity (Wildman–Crippen MR) is 102 cm³/mol. The molecule has 0 bridgehead atoms. The fourth-order valence-electron chi connectivity index (χ4n) is 2.17. The molecule has 27 heavy (non-hydrogen) atoms. The molecule has 7 nitrogen and oxygen atoms in total. The number of aromatic nitrogens is 1. The van der Waals surface area contributed by atoms with Gasteiger partial charge in [-0.2, -0.15) is 0 Å². The van der Waals surface area contributed by atoms with E-state index in [1.165, 1.54) is 20.3 Å². The van der Waals surface area contributed by atoms with E-state index in [1.54, 1.807) is 25.1 Å². The van der Waals surface area contributed by atoms with Gasteiger partial charge in [0, 0.05) is 0 Å². The fourth-order valence-corrected chi connectivity index (χ4v) is 2.57. The SMILES string of the molecule is COc1ccc(CC(=O)OCC(=O)Nc2nc(C)c(Cl)cc2Cl)cc1OC. The van der Waals surface area contributed by atoms with Gasteiger partial charge in [0.25, 0.3) is 5.91 Å². The van der Waals surface area contributed by atoms with Crippen molar-refractivity contribution in [1.29, 1.82) is 0 Å². The van der Waals surface area contributed by atoms with Crippen molar-refractivity contribution in [3.63, 3.8) is 0 Å². The average Bonchev–Trinajstić information content (AvgIpc) is 2.64. The summed E-state index contributed by atoms with van der Waals surface area (Å²) in [5.74, 6) is 0.0750. The third-order valence-corrected chi connectivity index (χ3v) is 4.19. The Morgan fingerprint density at radius 3 is 2.44 bits per heavy atom. The number of rotatable bonds is 7. The van der Waals surface area contributed by atoms with Crippen LogP contribution in [-0.2, 0) is 20.7 Å². The largest absolute Gasteiger partial charge is 0.493 e. The molecule has 0 saturated heterocycles. The Labute approximate surface area is 166 Å². The Hall–Kier alpha value is -2.51. The summed E-state index contributed by atoms with van der Waals surface area (Å²) in [6.07, 6.45) is -0.0211. The van der Waals surface area contributed by atoms with Crippen molar-refractivity contribution >= 4 is 40.9 Å². The molecule has 144 valence electrons. The van der Waals surface area contributed by atoms with Crippen LogP contribution < -0.4 is 14.8 Å². The first-order valence-corrected chi connectivity index (χ1v) is 8.58. The number of anilines is 1. The predicted octanol–water partition coefficient (Wildman–Crippen LogP) is 3.44. The lowest BCUT2D eigenvalue weighted by atomic mass is 10.1. The van der Waals surface area contributed by atoms with Crippen LogP contribution in [0.5, 0.6) is 11.5 Å². The quantitative estimate of drug-likeness (QED) is 0.700. The topological polar surface area (TPSA) is 86.8 Å². The number of halogens is 2. The summed E-state index contributed by atoms with van der Waals surface area (Å²) >= 11 is 11.9. The van der Waals surface area contributed by atoms with Crippen LogP contribution in [0.2, 0.25) is 10.0 Å². The van der Waals surface area contributed by atoms with E-state index in [0.29, 0.717) is 27.8 Å². The minimum atomic E-state index is -0.566. The molecule has 0 spiro atoms. The molecule has 1 amide bonds. The molecule has 0 saturated carbocycles. The molecule has 0 radical (unpaired) electrons. The van der Waals surface area contributed by atoms with Gasteiger partial charge in [-0.1, -0.05) is 29.3 Å². The number of nitrogens with one attached hydrogen (secondary N) is 1. The fraction of sp³-hybridized carbons (Fsp3) is 0.278. The maximum Gasteiger partial charge on any atom is 0.310 e. The Bertz CT molecular complexity index is 858. The van der Waals surface area contributed by atoms with E-state index in [1.807, 2.05) is 0 Å². The molecule has 1 aromatic heterocycles. The summed E-state index contributed by atoms with van der Waals surface area (Å²) in [5, 5.41) is 3.06. The van der Waals surface area contributed by atoms with Gasteiger partial charge in [-0.25, -0.2) is 4.98 Å². The Balaban J connectivity index is 1.90. The lowest BCUT2D eigenvalue weighted by molar-refractivity contribution is -0.146. The maximum absolute atomic E-state index is 12.0. The highest BCUT2D eigenvalue weighted by Gasteiger charge is 2.14. The highest BCUT2D eigenvalue weighted by Crippen LogP contribution is 2.28. The summed E-state index contributed by atoms with van der Waals surface area (Å²) in [5.41, 5.74) is 1.18. The molecule has 2 rings (SSSR count). The summed E-state index contributed by atoms with van der Waals surface area (Å²) in [6.45, 7) is 1.21. The highest BCUT2D eigenvalue weighted by atomic mass is 35.5. The second-order valence-electron chi connectivity index (χ2n) is 5.46. The minimum absolute atomic E-state index is 0.0211. The number of hydrogen-bond acceptors (Lipinski definition) is 6. The summed E-state index contributed by atoms with van der Waals surface area (Å²) < 4.78 is 15.3. The van der Waals surface area contributed by atoms with Gasteiger partial charge in [-0.3, -0.25) is 9.59 Å². The number of nitrogens with zero attached hydrogens (tertiary/aromatic N) is 1. The molecule has 2 aromatic rings. The second kappa shape index (κ2) is 9.43. The van der Waals surface area contributed by atoms with Crippen LogP contribution in [0.3, 0.4) is 0 Å². The average molecular weight is 413 g/mol. The van der Waals surface area contributed by atoms with Crippen LogP contribution in [0.4, 0.5) is 5.82 Å². The maximum atomic E-state index is 12.0. The van der Waals surface area contributed by atoms with Gasteiger partial charge in [0.2, 0.25) is 0 Å². The number of methoxy groups -OCH3 is 2. The molecule has 0 aliphatic carbocycles. The second-order valence-corrected chi connectivity index (χ2v) is 6.28. The first-order chi connectivity index (χ1) is 12.8. The Kier molecular flexibility index (Phi) is 7.27. The van der Waals surface area contributed by atoms with Gasteiger partial charge in [0.1, 0.15) is 0 Å². The van der Waals surface area contributed by atoms with Crippen LogP contribution in [0.25, 0.3) is 0 Å². The Morgan fingerprint density at radius 2 is 1.78 bits per heavy atom. The first kappa shape index (κ1) is 20.8. The van der Waals surface area contributed by atoms with Gasteiger partial charge < -0.3 is 19.5 Å². The molecule has 0 aliphatic heterocycles. The minimum Gasteiger partial charge on any atom is -0.493 e. The smallest absolute Gasteiger partial charge is 0.310 e. The van der Waals surface area contributed by atoms with Crippen molar-refractivity contribution < 1.29 is 23.8 Å². The summed E-state index contributed by atoms with van der Waals surface area (Å²) in [7, 11) is 3.02. The van der Waals surface area contributed by atoms with Gasteiger partial charge in [-0.05, 0) is 30.7 Å². The third-order valence-electron chi connectivity index (χ3n) is 3.52. The molecule has 9 heteroatoms. The summed E-state index contributed by atoms with van der Waals surface area (Å²) in [6, 6.07) is 6.54. The van der Waals surface area contributed by atoms with Crippen LogP contribution >= 0.6 is 23.2 Å². The van der Waals surface area contributed by atoms with E-state index >= 15 is 0 Å². The van der Waals surface area contributed by atoms with E-state index in [-0.39, 0.29) is 17.3 Å². The number of ether oxygens (including phenoxy) is 3. The van der Waals surface area contributed by atoms with E-state index in [0.717, 1.165) is 0 Å². The van der Waals surface area contributed by atoms with Crippen molar-refractivity contribution in [3.05, 3.63) is 45.6 Å². The van der Waals surface area contributed by atoms with Crippen LogP contribution in [0.1, 0.15) is 11.3 Å². The van der Waals surface area contributed by atoms with Crippen LogP contribution in [0, 0.1) is 6.92 Å². The first-order valence-electron chi connectivity index (χ1n) is 7.83. The third kappa shape index (κ3) is 5.74. The zero-order valence-corrected chi connectivity index (χ0v) is 16.5. The van der Waals surface area contributed by atoms with Gasteiger partial charge >= 0.3 is 5.97 Å². The summed E-state index contributed by atoms with van der Waals surface area (Å²) in [4.78, 5) is 28.0. The van der Waals surface area contributed by atoms with Gasteiger partial charge in [0.05, 0.1) is 36.4 Å². The van der Waals surface area contributed by atoms with E-state index in [2.05, 4.69) is 10.3 Å². The standard InChI is InChI=1S/C18H18Cl2N2O5/c1-10-12(19)8-13(20)18(21-10)22-16(23)9-27-17(24)7-11-4-5-14(25-2)15(6-11)26-3/h4-6,8H,7,9H2,1-3H3,(H,21,22,23). The van der Waals surface area contributed by atoms with E-state index < -0.39 is 18.5 Å². The molecular weight excluding hydrogens is 395 g/mol. The Morgan fingerprint density at radius 1 is 1.07 bits per heavy atom. The van der Waals surface area contributed by atoms with Crippen molar-refractivity contribution in [2.24, 2.45) is 0 Å². The number of carbonyl (C=O) groups is 2. The molecule has 0 aliphatic rings. The molecule has 1 heterocycles. The molecule has 0 fully saturated rings. The van der Waals surface area contributed by atoms with Crippen molar-refractivity contribution in [1.82, 2.24) is 4.98 Å². The number of hydrogen-bond donors (Lipinski definition) is 1. The molecule has 0 atom stereocenters. The van der Waals surface area contributed by atoms with Crippen LogP contribution in [0.15, 0.2) is 24.3 Å². The van der Waals surface area contributed by atoms with E-state index in [4.69, 9.17) is 37.4 Å². The van der Waals surface area contributed by atoms with Crippen molar-refractivity contribution in [2.45, 2.75) is 13.3 Å². The monoisotopic (exact) mass is 412 g/mol. The van der Waals surface area contributed by atoms with Gasteiger partial charge in [-0.15, -0.1) is 0 Å². The highest BCUT2D eigenvalue weighted by molar-refractivity contribution is 6.36. The number of aryl methyl sites for hydroxylation is 1. The number of amides is 1. The number of esters is 1. The molecule has 1 N–H and O–H groups in total. The van der Waals surface area contributed by atoms with Gasteiger partial charge in [0.15, 0.2) is 23.9 Å². The number of benzene rings is 1. The lowest BCUT2D eigenvalue weighted by Gasteiger charge is -2.10. The molecule has 1 aromatic carbocycles. The van der Waals surface area contributed by atoms with E-state index in [9.17, 15) is 9.59 Å². The van der Waals surface area contributed by atoms with Crippen molar-refractivity contribution in [2.75, 3.05) is 26.1 Å². The zero-order chi connectivity index (χ0) is 20.0. The number of pyridine rings is 1. The molecule has 0 unspecified atom stereocenters. The molecular formula is C18H18Cl2N2O5. The normalized spacial score (nSPS) is 10.3. The number of carbonyl (C=O) groups excluding carboxylic acids is 2. The van der Waals surface area contributed by atoms with Crippen LogP contribution in [-0.4, -0.2) is 37.7 Å².